The first-order valence-electron chi connectivity index (χ1n) is 8.22. The Balaban J connectivity index is 1.78. The average molecular weight is 363 g/mol. The first-order valence-corrected chi connectivity index (χ1v) is 8.22. The van der Waals surface area contributed by atoms with Gasteiger partial charge in [0.15, 0.2) is 5.58 Å². The molecule has 1 N–H and O–H groups in total. The highest BCUT2D eigenvalue weighted by atomic mass is 19.1. The van der Waals surface area contributed by atoms with Gasteiger partial charge in [0.05, 0.1) is 5.56 Å². The van der Waals surface area contributed by atoms with Crippen molar-refractivity contribution in [1.82, 2.24) is 4.98 Å². The maximum absolute atomic E-state index is 13.9. The van der Waals surface area contributed by atoms with Gasteiger partial charge in [0.25, 0.3) is 0 Å². The third-order valence-electron chi connectivity index (χ3n) is 4.04. The molecule has 134 valence electrons. The highest BCUT2D eigenvalue weighted by Crippen LogP contribution is 2.35. The van der Waals surface area contributed by atoms with E-state index in [1.807, 2.05) is 6.07 Å². The number of hydrogen-bond donors (Lipinski definition) is 1. The second-order valence-electron chi connectivity index (χ2n) is 5.87. The van der Waals surface area contributed by atoms with Crippen molar-refractivity contribution in [1.29, 1.82) is 0 Å². The maximum atomic E-state index is 13.9. The van der Waals surface area contributed by atoms with Crippen LogP contribution in [0, 0.1) is 5.82 Å². The Morgan fingerprint density at radius 1 is 1.04 bits per heavy atom. The number of benzene rings is 3. The summed E-state index contributed by atoms with van der Waals surface area (Å²) in [5.74, 6) is -1.35. The van der Waals surface area contributed by atoms with Gasteiger partial charge in [0.1, 0.15) is 17.1 Å². The number of carboxylic acid groups (broad SMARTS) is 1. The number of carboxylic acids is 1. The van der Waals surface area contributed by atoms with Crippen LogP contribution >= 0.6 is 0 Å². The highest BCUT2D eigenvalue weighted by molar-refractivity contribution is 5.78. The van der Waals surface area contributed by atoms with E-state index in [0.717, 1.165) is 0 Å². The molecule has 3 aromatic carbocycles. The molecular formula is C21H14FNO4. The first kappa shape index (κ1) is 16.8. The molecule has 4 aromatic rings. The number of para-hydroxylation sites is 2. The lowest BCUT2D eigenvalue weighted by atomic mass is 10.1. The van der Waals surface area contributed by atoms with Crippen molar-refractivity contribution in [2.45, 2.75) is 6.10 Å². The molecule has 0 radical (unpaired) electrons. The average Bonchev–Trinajstić information content (AvgIpc) is 3.11. The number of hydrogen-bond acceptors (Lipinski definition) is 4. The predicted molar refractivity (Wildman–Crippen MR) is 96.8 cm³/mol. The van der Waals surface area contributed by atoms with Crippen LogP contribution in [-0.2, 0) is 4.79 Å². The summed E-state index contributed by atoms with van der Waals surface area (Å²) in [7, 11) is 0. The summed E-state index contributed by atoms with van der Waals surface area (Å²) in [5.41, 5.74) is 1.87. The van der Waals surface area contributed by atoms with Crippen LogP contribution in [-0.4, -0.2) is 16.1 Å². The Kier molecular flexibility index (Phi) is 4.30. The normalized spacial score (nSPS) is 12.0. The Labute approximate surface area is 153 Å². The molecule has 1 aromatic heterocycles. The SMILES string of the molecule is O=C(O)C(Oc1ccc(F)cc1-c1nc2ccccc2o1)c1ccccc1. The molecule has 0 bridgehead atoms. The van der Waals surface area contributed by atoms with Crippen LogP contribution in [0.15, 0.2) is 77.2 Å². The number of oxazole rings is 1. The van der Waals surface area contributed by atoms with Crippen LogP contribution in [0.5, 0.6) is 5.75 Å². The smallest absolute Gasteiger partial charge is 0.349 e. The Hall–Kier alpha value is -3.67. The van der Waals surface area contributed by atoms with E-state index in [0.29, 0.717) is 16.7 Å². The van der Waals surface area contributed by atoms with Crippen molar-refractivity contribution >= 4 is 17.1 Å². The van der Waals surface area contributed by atoms with Gasteiger partial charge in [-0.1, -0.05) is 42.5 Å². The molecule has 0 saturated carbocycles. The zero-order valence-corrected chi connectivity index (χ0v) is 14.0. The summed E-state index contributed by atoms with van der Waals surface area (Å²) in [6.45, 7) is 0. The minimum Gasteiger partial charge on any atom is -0.478 e. The summed E-state index contributed by atoms with van der Waals surface area (Å²) in [6.07, 6.45) is -1.25. The van der Waals surface area contributed by atoms with Gasteiger partial charge in [-0.05, 0) is 30.3 Å². The highest BCUT2D eigenvalue weighted by Gasteiger charge is 2.24. The fourth-order valence-corrected chi connectivity index (χ4v) is 2.78. The molecule has 4 rings (SSSR count). The number of halogens is 1. The summed E-state index contributed by atoms with van der Waals surface area (Å²) >= 11 is 0. The largest absolute Gasteiger partial charge is 0.478 e. The second kappa shape index (κ2) is 6.92. The van der Waals surface area contributed by atoms with E-state index in [1.54, 1.807) is 48.5 Å². The molecule has 0 saturated heterocycles. The monoisotopic (exact) mass is 363 g/mol. The lowest BCUT2D eigenvalue weighted by molar-refractivity contribution is -0.145. The molecule has 0 aliphatic heterocycles. The lowest BCUT2D eigenvalue weighted by Gasteiger charge is -2.17. The fraction of sp³-hybridized carbons (Fsp3) is 0.0476. The summed E-state index contributed by atoms with van der Waals surface area (Å²) in [4.78, 5) is 16.1. The quantitative estimate of drug-likeness (QED) is 0.549. The van der Waals surface area contributed by atoms with Gasteiger partial charge >= 0.3 is 5.97 Å². The number of rotatable bonds is 5. The molecular weight excluding hydrogens is 349 g/mol. The van der Waals surface area contributed by atoms with Crippen LogP contribution in [0.1, 0.15) is 11.7 Å². The summed E-state index contributed by atoms with van der Waals surface area (Å²) in [5, 5.41) is 9.58. The molecule has 1 atom stereocenters. The van der Waals surface area contributed by atoms with Gasteiger partial charge in [-0.25, -0.2) is 14.2 Å². The number of fused-ring (bicyclic) bond motifs is 1. The second-order valence-corrected chi connectivity index (χ2v) is 5.87. The third kappa shape index (κ3) is 3.37. The van der Waals surface area contributed by atoms with Crippen LogP contribution in [0.2, 0.25) is 0 Å². The van der Waals surface area contributed by atoms with E-state index in [2.05, 4.69) is 4.98 Å². The van der Waals surface area contributed by atoms with Gasteiger partial charge in [-0.2, -0.15) is 0 Å². The van der Waals surface area contributed by atoms with Crippen molar-refractivity contribution in [3.05, 3.63) is 84.2 Å². The Bertz CT molecular complexity index is 1070. The van der Waals surface area contributed by atoms with Gasteiger partial charge in [-0.15, -0.1) is 0 Å². The number of nitrogens with zero attached hydrogens (tertiary/aromatic N) is 1. The van der Waals surface area contributed by atoms with Crippen LogP contribution in [0.4, 0.5) is 4.39 Å². The van der Waals surface area contributed by atoms with Crippen molar-refractivity contribution in [3.8, 4) is 17.2 Å². The van der Waals surface area contributed by atoms with E-state index in [4.69, 9.17) is 9.15 Å². The van der Waals surface area contributed by atoms with E-state index < -0.39 is 17.9 Å². The summed E-state index contributed by atoms with van der Waals surface area (Å²) < 4.78 is 25.3. The zero-order chi connectivity index (χ0) is 18.8. The Morgan fingerprint density at radius 3 is 2.52 bits per heavy atom. The molecule has 0 amide bonds. The number of aliphatic carboxylic acids is 1. The van der Waals surface area contributed by atoms with Gasteiger partial charge < -0.3 is 14.3 Å². The van der Waals surface area contributed by atoms with E-state index >= 15 is 0 Å². The topological polar surface area (TPSA) is 72.6 Å². The van der Waals surface area contributed by atoms with Crippen molar-refractivity contribution in [2.75, 3.05) is 0 Å². The van der Waals surface area contributed by atoms with Crippen molar-refractivity contribution in [3.63, 3.8) is 0 Å². The molecule has 1 heterocycles. The molecule has 0 fully saturated rings. The van der Waals surface area contributed by atoms with Crippen LogP contribution in [0.25, 0.3) is 22.6 Å². The molecule has 0 spiro atoms. The zero-order valence-electron chi connectivity index (χ0n) is 14.0. The minimum atomic E-state index is -1.25. The lowest BCUT2D eigenvalue weighted by Crippen LogP contribution is -2.18. The molecule has 6 heteroatoms. The van der Waals surface area contributed by atoms with E-state index in [1.165, 1.54) is 18.2 Å². The molecule has 1 unspecified atom stereocenters. The van der Waals surface area contributed by atoms with Crippen LogP contribution < -0.4 is 4.74 Å². The first-order chi connectivity index (χ1) is 13.1. The van der Waals surface area contributed by atoms with Gasteiger partial charge in [0, 0.05) is 5.56 Å². The molecule has 5 nitrogen and oxygen atoms in total. The Morgan fingerprint density at radius 2 is 1.78 bits per heavy atom. The van der Waals surface area contributed by atoms with Gasteiger partial charge in [-0.3, -0.25) is 0 Å². The van der Waals surface area contributed by atoms with Crippen molar-refractivity contribution in [2.24, 2.45) is 0 Å². The number of ether oxygens (including phenoxy) is 1. The standard InChI is InChI=1S/C21H14FNO4/c22-14-10-11-17(26-19(21(24)25)13-6-2-1-3-7-13)15(12-14)20-23-16-8-4-5-9-18(16)27-20/h1-12,19H,(H,24,25). The van der Waals surface area contributed by atoms with Gasteiger partial charge in [0.2, 0.25) is 12.0 Å². The molecule has 0 aliphatic carbocycles. The maximum Gasteiger partial charge on any atom is 0.349 e. The van der Waals surface area contributed by atoms with E-state index in [-0.39, 0.29) is 17.2 Å². The molecule has 27 heavy (non-hydrogen) atoms. The molecule has 0 aliphatic rings. The fourth-order valence-electron chi connectivity index (χ4n) is 2.78. The predicted octanol–water partition coefficient (Wildman–Crippen LogP) is 4.84. The number of aromatic nitrogens is 1. The van der Waals surface area contributed by atoms with Crippen LogP contribution in [0.3, 0.4) is 0 Å². The number of carbonyl (C=O) groups is 1. The van der Waals surface area contributed by atoms with E-state index in [9.17, 15) is 14.3 Å². The minimum absolute atomic E-state index is 0.155. The summed E-state index contributed by atoms with van der Waals surface area (Å²) in [6, 6.07) is 19.5. The van der Waals surface area contributed by atoms with Crippen molar-refractivity contribution < 1.29 is 23.4 Å². The third-order valence-corrected chi connectivity index (χ3v) is 4.04.